The lowest BCUT2D eigenvalue weighted by molar-refractivity contribution is 0.102. The van der Waals surface area contributed by atoms with Gasteiger partial charge in [0.25, 0.3) is 5.91 Å². The quantitative estimate of drug-likeness (QED) is 0.890. The number of aromatic nitrogens is 2. The first kappa shape index (κ1) is 14.4. The van der Waals surface area contributed by atoms with Crippen LogP contribution in [0.1, 0.15) is 16.2 Å². The summed E-state index contributed by atoms with van der Waals surface area (Å²) in [5.74, 6) is 0.269. The highest BCUT2D eigenvalue weighted by Gasteiger charge is 2.09. The van der Waals surface area contributed by atoms with E-state index in [-0.39, 0.29) is 5.91 Å². The van der Waals surface area contributed by atoms with Crippen LogP contribution in [-0.4, -0.2) is 29.9 Å². The van der Waals surface area contributed by atoms with Gasteiger partial charge >= 0.3 is 0 Å². The highest BCUT2D eigenvalue weighted by atomic mass is 32.2. The number of carbonyl (C=O) groups is 1. The number of carbonyl (C=O) groups excluding carboxylic acids is 1. The zero-order chi connectivity index (χ0) is 14.8. The van der Waals surface area contributed by atoms with Crippen molar-refractivity contribution in [2.75, 3.05) is 16.3 Å². The van der Waals surface area contributed by atoms with Gasteiger partial charge < -0.3 is 0 Å². The van der Waals surface area contributed by atoms with Crippen molar-refractivity contribution >= 4 is 38.3 Å². The summed E-state index contributed by atoms with van der Waals surface area (Å²) in [5.41, 5.74) is 0.799. The van der Waals surface area contributed by atoms with Crippen LogP contribution in [-0.2, 0) is 10.0 Å². The van der Waals surface area contributed by atoms with E-state index in [4.69, 9.17) is 0 Å². The lowest BCUT2D eigenvalue weighted by Crippen LogP contribution is -2.12. The molecule has 2 N–H and O–H groups in total. The average Bonchev–Trinajstić information content (AvgIpc) is 2.73. The van der Waals surface area contributed by atoms with Crippen molar-refractivity contribution in [1.29, 1.82) is 0 Å². The summed E-state index contributed by atoms with van der Waals surface area (Å²) in [4.78, 5) is 15.9. The summed E-state index contributed by atoms with van der Waals surface area (Å²) in [7, 11) is -3.32. The number of amides is 1. The highest BCUT2D eigenvalue weighted by Crippen LogP contribution is 2.14. The molecular weight excluding hydrogens is 300 g/mol. The van der Waals surface area contributed by atoms with E-state index in [1.165, 1.54) is 24.3 Å². The van der Waals surface area contributed by atoms with E-state index in [1.54, 1.807) is 6.92 Å². The number of benzene rings is 1. The summed E-state index contributed by atoms with van der Waals surface area (Å²) in [6.45, 7) is 1.73. The summed E-state index contributed by atoms with van der Waals surface area (Å²) in [5, 5.41) is 3.04. The van der Waals surface area contributed by atoms with E-state index in [2.05, 4.69) is 19.4 Å². The fourth-order valence-corrected chi connectivity index (χ4v) is 2.56. The smallest absolute Gasteiger partial charge is 0.257 e. The van der Waals surface area contributed by atoms with Crippen molar-refractivity contribution in [3.63, 3.8) is 0 Å². The second-order valence-corrected chi connectivity index (χ2v) is 6.55. The summed E-state index contributed by atoms with van der Waals surface area (Å²) in [6.07, 6.45) is 1.06. The second kappa shape index (κ2) is 5.55. The average molecular weight is 312 g/mol. The van der Waals surface area contributed by atoms with Crippen molar-refractivity contribution < 1.29 is 13.2 Å². The third kappa shape index (κ3) is 4.00. The molecule has 2 rings (SSSR count). The van der Waals surface area contributed by atoms with Crippen LogP contribution in [0.3, 0.4) is 0 Å². The molecule has 0 aliphatic heterocycles. The Morgan fingerprint density at radius 3 is 2.40 bits per heavy atom. The van der Waals surface area contributed by atoms with Crippen LogP contribution in [0.15, 0.2) is 24.3 Å². The number of nitrogens with one attached hydrogen (secondary N) is 2. The SMILES string of the molecule is Cc1nsc(NC(=O)c2ccc(NS(C)(=O)=O)cc2)n1. The molecule has 0 aliphatic carbocycles. The largest absolute Gasteiger partial charge is 0.297 e. The number of hydrogen-bond acceptors (Lipinski definition) is 6. The number of rotatable bonds is 4. The Balaban J connectivity index is 2.07. The van der Waals surface area contributed by atoms with Crippen molar-refractivity contribution in [2.45, 2.75) is 6.92 Å². The first-order chi connectivity index (χ1) is 9.33. The third-order valence-electron chi connectivity index (χ3n) is 2.20. The first-order valence-corrected chi connectivity index (χ1v) is 8.19. The van der Waals surface area contributed by atoms with Gasteiger partial charge in [0.2, 0.25) is 15.2 Å². The molecule has 0 spiro atoms. The molecule has 1 aromatic heterocycles. The molecule has 20 heavy (non-hydrogen) atoms. The minimum absolute atomic E-state index is 0.327. The minimum Gasteiger partial charge on any atom is -0.297 e. The van der Waals surface area contributed by atoms with Crippen LogP contribution < -0.4 is 10.0 Å². The predicted molar refractivity (Wildman–Crippen MR) is 77.5 cm³/mol. The molecule has 0 saturated carbocycles. The van der Waals surface area contributed by atoms with Crippen LogP contribution in [0.5, 0.6) is 0 Å². The maximum atomic E-state index is 11.9. The molecule has 1 aromatic carbocycles. The Hall–Kier alpha value is -2.00. The number of hydrogen-bond donors (Lipinski definition) is 2. The molecule has 106 valence electrons. The van der Waals surface area contributed by atoms with Gasteiger partial charge in [-0.1, -0.05) is 0 Å². The predicted octanol–water partition coefficient (Wildman–Crippen LogP) is 1.47. The minimum atomic E-state index is -3.32. The lowest BCUT2D eigenvalue weighted by atomic mass is 10.2. The van der Waals surface area contributed by atoms with E-state index in [1.807, 2.05) is 0 Å². The van der Waals surface area contributed by atoms with Crippen LogP contribution in [0, 0.1) is 6.92 Å². The van der Waals surface area contributed by atoms with Gasteiger partial charge in [0, 0.05) is 22.8 Å². The van der Waals surface area contributed by atoms with Gasteiger partial charge in [0.15, 0.2) is 0 Å². The molecular formula is C11H12N4O3S2. The van der Waals surface area contributed by atoms with E-state index in [9.17, 15) is 13.2 Å². The van der Waals surface area contributed by atoms with Crippen LogP contribution in [0.4, 0.5) is 10.8 Å². The molecule has 0 aliphatic rings. The van der Waals surface area contributed by atoms with Gasteiger partial charge in [-0.3, -0.25) is 14.8 Å². The fraction of sp³-hybridized carbons (Fsp3) is 0.182. The number of anilines is 2. The fourth-order valence-electron chi connectivity index (χ4n) is 1.42. The Morgan fingerprint density at radius 2 is 1.90 bits per heavy atom. The number of nitrogens with zero attached hydrogens (tertiary/aromatic N) is 2. The molecule has 0 fully saturated rings. The van der Waals surface area contributed by atoms with Crippen molar-refractivity contribution in [2.24, 2.45) is 0 Å². The zero-order valence-corrected chi connectivity index (χ0v) is 12.4. The normalized spacial score (nSPS) is 11.1. The van der Waals surface area contributed by atoms with E-state index >= 15 is 0 Å². The Kier molecular flexibility index (Phi) is 4.00. The first-order valence-electron chi connectivity index (χ1n) is 5.53. The topological polar surface area (TPSA) is 101 Å². The van der Waals surface area contributed by atoms with Gasteiger partial charge in [-0.15, -0.1) is 0 Å². The third-order valence-corrected chi connectivity index (χ3v) is 3.53. The van der Waals surface area contributed by atoms with Gasteiger partial charge in [-0.25, -0.2) is 13.4 Å². The molecule has 0 unspecified atom stereocenters. The van der Waals surface area contributed by atoms with E-state index < -0.39 is 10.0 Å². The maximum absolute atomic E-state index is 11.9. The molecule has 1 heterocycles. The Bertz CT molecular complexity index is 722. The molecule has 9 heteroatoms. The molecule has 0 bridgehead atoms. The second-order valence-electron chi connectivity index (χ2n) is 4.05. The zero-order valence-electron chi connectivity index (χ0n) is 10.7. The number of sulfonamides is 1. The van der Waals surface area contributed by atoms with Gasteiger partial charge in [0.1, 0.15) is 5.82 Å². The monoisotopic (exact) mass is 312 g/mol. The molecule has 1 amide bonds. The molecule has 0 radical (unpaired) electrons. The van der Waals surface area contributed by atoms with Crippen LogP contribution in [0.25, 0.3) is 0 Å². The molecule has 0 atom stereocenters. The van der Waals surface area contributed by atoms with Crippen LogP contribution >= 0.6 is 11.5 Å². The molecule has 0 saturated heterocycles. The number of aryl methyl sites for hydroxylation is 1. The van der Waals surface area contributed by atoms with Gasteiger partial charge in [-0.2, -0.15) is 4.37 Å². The van der Waals surface area contributed by atoms with Crippen molar-refractivity contribution in [3.8, 4) is 0 Å². The molecule has 2 aromatic rings. The van der Waals surface area contributed by atoms with E-state index in [0.29, 0.717) is 22.2 Å². The van der Waals surface area contributed by atoms with Crippen LogP contribution in [0.2, 0.25) is 0 Å². The van der Waals surface area contributed by atoms with Crippen molar-refractivity contribution in [3.05, 3.63) is 35.7 Å². The summed E-state index contributed by atoms with van der Waals surface area (Å²) < 4.78 is 28.4. The van der Waals surface area contributed by atoms with Gasteiger partial charge in [-0.05, 0) is 31.2 Å². The standard InChI is InChI=1S/C11H12N4O3S2/c1-7-12-11(19-14-7)13-10(16)8-3-5-9(6-4-8)15-20(2,17)18/h3-6,15H,1-2H3,(H,12,13,14,16). The van der Waals surface area contributed by atoms with Gasteiger partial charge in [0.05, 0.1) is 6.26 Å². The Labute approximate surface area is 120 Å². The summed E-state index contributed by atoms with van der Waals surface area (Å²) >= 11 is 1.10. The van der Waals surface area contributed by atoms with Crippen molar-refractivity contribution in [1.82, 2.24) is 9.36 Å². The lowest BCUT2D eigenvalue weighted by Gasteiger charge is -2.05. The Morgan fingerprint density at radius 1 is 1.25 bits per heavy atom. The highest BCUT2D eigenvalue weighted by molar-refractivity contribution is 7.92. The maximum Gasteiger partial charge on any atom is 0.257 e. The summed E-state index contributed by atoms with van der Waals surface area (Å²) in [6, 6.07) is 6.08. The molecule has 7 nitrogen and oxygen atoms in total. The van der Waals surface area contributed by atoms with E-state index in [0.717, 1.165) is 17.8 Å².